The molecular formula is C13H21N3O4. The van der Waals surface area contributed by atoms with Crippen molar-refractivity contribution in [1.82, 2.24) is 10.3 Å². The van der Waals surface area contributed by atoms with Gasteiger partial charge in [0.15, 0.2) is 0 Å². The van der Waals surface area contributed by atoms with Gasteiger partial charge in [-0.2, -0.15) is 5.10 Å². The van der Waals surface area contributed by atoms with Gasteiger partial charge in [-0.1, -0.05) is 13.3 Å². The van der Waals surface area contributed by atoms with E-state index < -0.39 is 17.4 Å². The molecule has 1 heterocycles. The molecule has 0 aliphatic carbocycles. The van der Waals surface area contributed by atoms with Gasteiger partial charge in [0.05, 0.1) is 7.11 Å². The second-order valence-corrected chi connectivity index (χ2v) is 4.99. The van der Waals surface area contributed by atoms with Crippen molar-refractivity contribution >= 4 is 23.5 Å². The smallest absolute Gasteiger partial charge is 0.331 e. The molecule has 1 atom stereocenters. The molecule has 1 N–H and O–H groups in total. The lowest BCUT2D eigenvalue weighted by Gasteiger charge is -2.28. The number of ether oxygens (including phenoxy) is 1. The predicted molar refractivity (Wildman–Crippen MR) is 72.9 cm³/mol. The van der Waals surface area contributed by atoms with Crippen molar-refractivity contribution in [2.75, 3.05) is 14.2 Å². The Labute approximate surface area is 118 Å². The zero-order chi connectivity index (χ0) is 15.3. The molecule has 1 unspecified atom stereocenters. The summed E-state index contributed by atoms with van der Waals surface area (Å²) in [6, 6.07) is 0. The lowest BCUT2D eigenvalue weighted by molar-refractivity contribution is -0.149. The molecule has 0 aromatic heterocycles. The first kappa shape index (κ1) is 16.1. The summed E-state index contributed by atoms with van der Waals surface area (Å²) < 4.78 is 4.74. The number of rotatable bonds is 5. The summed E-state index contributed by atoms with van der Waals surface area (Å²) in [6.07, 6.45) is 1.70. The van der Waals surface area contributed by atoms with Gasteiger partial charge in [0, 0.05) is 19.9 Å². The van der Waals surface area contributed by atoms with E-state index in [1.807, 2.05) is 6.92 Å². The highest BCUT2D eigenvalue weighted by molar-refractivity contribution is 6.40. The van der Waals surface area contributed by atoms with Crippen LogP contribution in [0.25, 0.3) is 0 Å². The summed E-state index contributed by atoms with van der Waals surface area (Å²) in [5.41, 5.74) is -0.832. The van der Waals surface area contributed by atoms with Crippen LogP contribution in [0.2, 0.25) is 0 Å². The standard InChI is InChI=1S/C13H21N3O4/c1-5-8-13(2,12(19)20-4)14-11(18)9-6-7-10(17)16(3)15-9/h5-8H2,1-4H3,(H,14,18). The minimum atomic E-state index is -1.08. The predicted octanol–water partition coefficient (Wildman–Crippen LogP) is 0.443. The number of nitrogens with one attached hydrogen (secondary N) is 1. The minimum Gasteiger partial charge on any atom is -0.467 e. The van der Waals surface area contributed by atoms with Crippen LogP contribution in [0.3, 0.4) is 0 Å². The summed E-state index contributed by atoms with van der Waals surface area (Å²) >= 11 is 0. The van der Waals surface area contributed by atoms with E-state index in [0.29, 0.717) is 6.42 Å². The van der Waals surface area contributed by atoms with Crippen LogP contribution in [0.5, 0.6) is 0 Å². The van der Waals surface area contributed by atoms with Gasteiger partial charge in [-0.3, -0.25) is 9.59 Å². The molecule has 7 nitrogen and oxygen atoms in total. The average Bonchev–Trinajstić information content (AvgIpc) is 2.40. The van der Waals surface area contributed by atoms with E-state index >= 15 is 0 Å². The highest BCUT2D eigenvalue weighted by Crippen LogP contribution is 2.15. The fourth-order valence-electron chi connectivity index (χ4n) is 2.10. The van der Waals surface area contributed by atoms with Crippen molar-refractivity contribution in [3.63, 3.8) is 0 Å². The molecule has 7 heteroatoms. The minimum absolute atomic E-state index is 0.133. The summed E-state index contributed by atoms with van der Waals surface area (Å²) in [7, 11) is 2.79. The molecular weight excluding hydrogens is 262 g/mol. The van der Waals surface area contributed by atoms with E-state index in [2.05, 4.69) is 10.4 Å². The second-order valence-electron chi connectivity index (χ2n) is 4.99. The number of hydrazone groups is 1. The highest BCUT2D eigenvalue weighted by atomic mass is 16.5. The Balaban J connectivity index is 2.84. The Morgan fingerprint density at radius 3 is 2.60 bits per heavy atom. The maximum absolute atomic E-state index is 12.2. The number of hydrogen-bond acceptors (Lipinski definition) is 5. The second kappa shape index (κ2) is 6.49. The Morgan fingerprint density at radius 2 is 2.10 bits per heavy atom. The summed E-state index contributed by atoms with van der Waals surface area (Å²) in [5, 5.41) is 7.74. The lowest BCUT2D eigenvalue weighted by Crippen LogP contribution is -2.55. The van der Waals surface area contributed by atoms with Crippen molar-refractivity contribution in [2.24, 2.45) is 5.10 Å². The quantitative estimate of drug-likeness (QED) is 0.742. The molecule has 0 bridgehead atoms. The first-order valence-corrected chi connectivity index (χ1v) is 6.59. The fourth-order valence-corrected chi connectivity index (χ4v) is 2.10. The van der Waals surface area contributed by atoms with Crippen LogP contribution < -0.4 is 5.32 Å². The average molecular weight is 283 g/mol. The molecule has 0 saturated carbocycles. The topological polar surface area (TPSA) is 88.1 Å². The molecule has 20 heavy (non-hydrogen) atoms. The first-order chi connectivity index (χ1) is 9.34. The molecule has 0 radical (unpaired) electrons. The summed E-state index contributed by atoms with van der Waals surface area (Å²) in [6.45, 7) is 3.54. The zero-order valence-corrected chi connectivity index (χ0v) is 12.4. The Kier molecular flexibility index (Phi) is 5.24. The van der Waals surface area contributed by atoms with Crippen LogP contribution >= 0.6 is 0 Å². The van der Waals surface area contributed by atoms with Crippen molar-refractivity contribution in [3.05, 3.63) is 0 Å². The third-order valence-electron chi connectivity index (χ3n) is 3.24. The molecule has 0 spiro atoms. The summed E-state index contributed by atoms with van der Waals surface area (Å²) in [4.78, 5) is 35.3. The molecule has 0 saturated heterocycles. The maximum Gasteiger partial charge on any atom is 0.331 e. The van der Waals surface area contributed by atoms with E-state index in [9.17, 15) is 14.4 Å². The van der Waals surface area contributed by atoms with Crippen molar-refractivity contribution in [3.8, 4) is 0 Å². The zero-order valence-electron chi connectivity index (χ0n) is 12.4. The molecule has 1 aliphatic rings. The fraction of sp³-hybridized carbons (Fsp3) is 0.692. The van der Waals surface area contributed by atoms with Crippen LogP contribution in [0.4, 0.5) is 0 Å². The number of hydrogen-bond donors (Lipinski definition) is 1. The molecule has 0 aromatic rings. The Hall–Kier alpha value is -1.92. The molecule has 112 valence electrons. The van der Waals surface area contributed by atoms with E-state index in [0.717, 1.165) is 11.4 Å². The monoisotopic (exact) mass is 283 g/mol. The number of nitrogens with zero attached hydrogens (tertiary/aromatic N) is 2. The number of carbonyl (C=O) groups excluding carboxylic acids is 3. The van der Waals surface area contributed by atoms with Crippen LogP contribution in [-0.2, 0) is 19.1 Å². The summed E-state index contributed by atoms with van der Waals surface area (Å²) in [5.74, 6) is -1.06. The molecule has 1 rings (SSSR count). The van der Waals surface area contributed by atoms with Crippen LogP contribution in [0, 0.1) is 0 Å². The van der Waals surface area contributed by atoms with E-state index in [1.54, 1.807) is 6.92 Å². The molecule has 1 aliphatic heterocycles. The van der Waals surface area contributed by atoms with Gasteiger partial charge in [0.1, 0.15) is 11.3 Å². The number of esters is 1. The van der Waals surface area contributed by atoms with Gasteiger partial charge in [-0.25, -0.2) is 9.80 Å². The lowest BCUT2D eigenvalue weighted by atomic mass is 9.95. The van der Waals surface area contributed by atoms with Gasteiger partial charge in [-0.15, -0.1) is 0 Å². The van der Waals surface area contributed by atoms with E-state index in [-0.39, 0.29) is 24.5 Å². The highest BCUT2D eigenvalue weighted by Gasteiger charge is 2.36. The Bertz CT molecular complexity index is 447. The SMILES string of the molecule is CCCC(C)(NC(=O)C1=NN(C)C(=O)CC1)C(=O)OC. The van der Waals surface area contributed by atoms with Crippen molar-refractivity contribution in [2.45, 2.75) is 45.1 Å². The largest absolute Gasteiger partial charge is 0.467 e. The van der Waals surface area contributed by atoms with Crippen molar-refractivity contribution < 1.29 is 19.1 Å². The molecule has 0 fully saturated rings. The molecule has 0 aromatic carbocycles. The molecule has 2 amide bonds. The number of methoxy groups -OCH3 is 1. The normalized spacial score (nSPS) is 18.1. The first-order valence-electron chi connectivity index (χ1n) is 6.59. The van der Waals surface area contributed by atoms with Gasteiger partial charge in [0.2, 0.25) is 5.91 Å². The van der Waals surface area contributed by atoms with Gasteiger partial charge in [-0.05, 0) is 13.3 Å². The third kappa shape index (κ3) is 3.55. The van der Waals surface area contributed by atoms with Gasteiger partial charge in [0.25, 0.3) is 5.91 Å². The number of amides is 2. The van der Waals surface area contributed by atoms with Crippen LogP contribution in [0.1, 0.15) is 39.5 Å². The van der Waals surface area contributed by atoms with E-state index in [4.69, 9.17) is 4.74 Å². The van der Waals surface area contributed by atoms with Crippen LogP contribution in [0.15, 0.2) is 5.10 Å². The van der Waals surface area contributed by atoms with Crippen molar-refractivity contribution in [1.29, 1.82) is 0 Å². The number of carbonyl (C=O) groups is 3. The van der Waals surface area contributed by atoms with Crippen LogP contribution in [-0.4, -0.2) is 48.2 Å². The van der Waals surface area contributed by atoms with Gasteiger partial charge < -0.3 is 10.1 Å². The maximum atomic E-state index is 12.2. The van der Waals surface area contributed by atoms with Gasteiger partial charge >= 0.3 is 5.97 Å². The third-order valence-corrected chi connectivity index (χ3v) is 3.24. The Morgan fingerprint density at radius 1 is 1.45 bits per heavy atom. The van der Waals surface area contributed by atoms with E-state index in [1.165, 1.54) is 14.2 Å².